The van der Waals surface area contributed by atoms with E-state index in [0.717, 1.165) is 12.8 Å². The van der Waals surface area contributed by atoms with Crippen molar-refractivity contribution in [2.24, 2.45) is 0 Å². The number of carbonyl (C=O) groups excluding carboxylic acids is 2. The first-order valence-electron chi connectivity index (χ1n) is 8.08. The molecule has 1 aromatic rings. The first-order valence-corrected chi connectivity index (χ1v) is 8.08. The molecule has 1 aromatic carbocycles. The average Bonchev–Trinajstić information content (AvgIpc) is 2.50. The number of nitro groups is 1. The lowest BCUT2D eigenvalue weighted by molar-refractivity contribution is -0.384. The van der Waals surface area contributed by atoms with Crippen molar-refractivity contribution in [2.45, 2.75) is 58.6 Å². The molecule has 1 rings (SSSR count). The van der Waals surface area contributed by atoms with Gasteiger partial charge in [-0.15, -0.1) is 0 Å². The van der Waals surface area contributed by atoms with Crippen LogP contribution in [0.15, 0.2) is 24.3 Å². The number of nitrogens with one attached hydrogen (secondary N) is 1. The molecule has 0 aliphatic heterocycles. The Labute approximate surface area is 146 Å². The summed E-state index contributed by atoms with van der Waals surface area (Å²) in [6.07, 6.45) is 1.27. The van der Waals surface area contributed by atoms with Gasteiger partial charge in [0.25, 0.3) is 5.69 Å². The smallest absolute Gasteiger partial charge is 0.408 e. The standard InChI is InChI=1S/C17H24N2O6/c1-5-6-7-14(18-16(21)25-17(2,3)4)15(20)24-13-10-8-12(9-11-13)19(22)23/h8-11,14H,5-7H2,1-4H3,(H,18,21). The molecule has 0 aliphatic rings. The van der Waals surface area contributed by atoms with E-state index in [4.69, 9.17) is 9.47 Å². The number of hydrogen-bond acceptors (Lipinski definition) is 6. The van der Waals surface area contributed by atoms with E-state index in [1.165, 1.54) is 24.3 Å². The third-order valence-corrected chi connectivity index (χ3v) is 3.09. The molecule has 0 bridgehead atoms. The minimum absolute atomic E-state index is 0.103. The maximum atomic E-state index is 12.3. The molecule has 8 heteroatoms. The van der Waals surface area contributed by atoms with Crippen molar-refractivity contribution in [3.8, 4) is 5.75 Å². The number of esters is 1. The molecule has 1 atom stereocenters. The van der Waals surface area contributed by atoms with Crippen molar-refractivity contribution in [1.82, 2.24) is 5.32 Å². The van der Waals surface area contributed by atoms with Gasteiger partial charge in [0.05, 0.1) is 4.92 Å². The second-order valence-corrected chi connectivity index (χ2v) is 6.51. The van der Waals surface area contributed by atoms with Crippen LogP contribution < -0.4 is 10.1 Å². The number of nitro benzene ring substituents is 1. The number of amides is 1. The van der Waals surface area contributed by atoms with Gasteiger partial charge in [0.15, 0.2) is 0 Å². The first kappa shape index (κ1) is 20.4. The Morgan fingerprint density at radius 1 is 1.24 bits per heavy atom. The summed E-state index contributed by atoms with van der Waals surface area (Å²) in [4.78, 5) is 34.3. The molecule has 1 unspecified atom stereocenters. The molecule has 0 heterocycles. The zero-order valence-corrected chi connectivity index (χ0v) is 14.9. The van der Waals surface area contributed by atoms with Crippen LogP contribution in [0, 0.1) is 10.1 Å². The summed E-state index contributed by atoms with van der Waals surface area (Å²) < 4.78 is 10.4. The second-order valence-electron chi connectivity index (χ2n) is 6.51. The van der Waals surface area contributed by atoms with Crippen molar-refractivity contribution < 1.29 is 24.0 Å². The summed E-state index contributed by atoms with van der Waals surface area (Å²) in [6, 6.07) is 4.29. The van der Waals surface area contributed by atoms with E-state index < -0.39 is 28.6 Å². The third kappa shape index (κ3) is 7.65. The van der Waals surface area contributed by atoms with Gasteiger partial charge in [-0.2, -0.15) is 0 Å². The maximum Gasteiger partial charge on any atom is 0.408 e. The van der Waals surface area contributed by atoms with Crippen LogP contribution in [0.2, 0.25) is 0 Å². The van der Waals surface area contributed by atoms with Gasteiger partial charge in [-0.3, -0.25) is 10.1 Å². The first-order chi connectivity index (χ1) is 11.6. The van der Waals surface area contributed by atoms with E-state index in [-0.39, 0.29) is 11.4 Å². The zero-order chi connectivity index (χ0) is 19.0. The van der Waals surface area contributed by atoms with Crippen LogP contribution in [0.5, 0.6) is 5.75 Å². The van der Waals surface area contributed by atoms with E-state index in [1.54, 1.807) is 20.8 Å². The fourth-order valence-electron chi connectivity index (χ4n) is 1.93. The van der Waals surface area contributed by atoms with Gasteiger partial charge in [0.2, 0.25) is 0 Å². The number of benzene rings is 1. The van der Waals surface area contributed by atoms with E-state index in [9.17, 15) is 19.7 Å². The Bertz CT molecular complexity index is 607. The minimum atomic E-state index is -0.856. The van der Waals surface area contributed by atoms with Gasteiger partial charge >= 0.3 is 12.1 Å². The molecule has 0 saturated heterocycles. The lowest BCUT2D eigenvalue weighted by atomic mass is 10.1. The summed E-state index contributed by atoms with van der Waals surface area (Å²) in [5, 5.41) is 13.1. The SMILES string of the molecule is CCCCC(NC(=O)OC(C)(C)C)C(=O)Oc1ccc([N+](=O)[O-])cc1. The molecule has 0 saturated carbocycles. The highest BCUT2D eigenvalue weighted by molar-refractivity contribution is 5.83. The molecular weight excluding hydrogens is 328 g/mol. The molecule has 0 radical (unpaired) electrons. The van der Waals surface area contributed by atoms with Gasteiger partial charge < -0.3 is 14.8 Å². The topological polar surface area (TPSA) is 108 Å². The fourth-order valence-corrected chi connectivity index (χ4v) is 1.93. The normalized spacial score (nSPS) is 12.2. The second kappa shape index (κ2) is 9.00. The van der Waals surface area contributed by atoms with Crippen LogP contribution in [-0.2, 0) is 9.53 Å². The number of non-ortho nitro benzene ring substituents is 1. The molecule has 8 nitrogen and oxygen atoms in total. The number of rotatable bonds is 7. The van der Waals surface area contributed by atoms with Crippen LogP contribution in [0.4, 0.5) is 10.5 Å². The number of alkyl carbamates (subject to hydrolysis) is 1. The zero-order valence-electron chi connectivity index (χ0n) is 14.9. The molecule has 0 aromatic heterocycles. The number of nitrogens with zero attached hydrogens (tertiary/aromatic N) is 1. The highest BCUT2D eigenvalue weighted by Crippen LogP contribution is 2.18. The summed E-state index contributed by atoms with van der Waals surface area (Å²) in [7, 11) is 0. The van der Waals surface area contributed by atoms with Gasteiger partial charge in [-0.05, 0) is 39.3 Å². The Balaban J connectivity index is 2.75. The van der Waals surface area contributed by atoms with Crippen LogP contribution in [0.3, 0.4) is 0 Å². The van der Waals surface area contributed by atoms with E-state index >= 15 is 0 Å². The minimum Gasteiger partial charge on any atom is -0.444 e. The van der Waals surface area contributed by atoms with Gasteiger partial charge in [0, 0.05) is 12.1 Å². The molecular formula is C17H24N2O6. The molecule has 0 aliphatic carbocycles. The van der Waals surface area contributed by atoms with Crippen molar-refractivity contribution in [1.29, 1.82) is 0 Å². The number of carbonyl (C=O) groups is 2. The summed E-state index contributed by atoms with van der Waals surface area (Å²) in [5.41, 5.74) is -0.781. The monoisotopic (exact) mass is 352 g/mol. The quantitative estimate of drug-likeness (QED) is 0.348. The van der Waals surface area contributed by atoms with Crippen molar-refractivity contribution in [3.63, 3.8) is 0 Å². The fraction of sp³-hybridized carbons (Fsp3) is 0.529. The predicted molar refractivity (Wildman–Crippen MR) is 91.4 cm³/mol. The molecule has 1 amide bonds. The van der Waals surface area contributed by atoms with Crippen molar-refractivity contribution in [2.75, 3.05) is 0 Å². The average molecular weight is 352 g/mol. The molecule has 138 valence electrons. The number of unbranched alkanes of at least 4 members (excludes halogenated alkanes) is 1. The van der Waals surface area contributed by atoms with Gasteiger partial charge in [-0.1, -0.05) is 19.8 Å². The highest BCUT2D eigenvalue weighted by atomic mass is 16.6. The summed E-state index contributed by atoms with van der Waals surface area (Å²) in [5.74, 6) is -0.476. The lowest BCUT2D eigenvalue weighted by Gasteiger charge is -2.22. The largest absolute Gasteiger partial charge is 0.444 e. The third-order valence-electron chi connectivity index (χ3n) is 3.09. The van der Waals surface area contributed by atoms with Gasteiger partial charge in [0.1, 0.15) is 17.4 Å². The Hall–Kier alpha value is -2.64. The maximum absolute atomic E-state index is 12.3. The van der Waals surface area contributed by atoms with Crippen LogP contribution in [0.1, 0.15) is 47.0 Å². The number of hydrogen-bond donors (Lipinski definition) is 1. The predicted octanol–water partition coefficient (Wildman–Crippen LogP) is 3.58. The molecule has 0 spiro atoms. The van der Waals surface area contributed by atoms with E-state index in [0.29, 0.717) is 6.42 Å². The van der Waals surface area contributed by atoms with Gasteiger partial charge in [-0.25, -0.2) is 9.59 Å². The molecule has 0 fully saturated rings. The van der Waals surface area contributed by atoms with Crippen LogP contribution in [-0.4, -0.2) is 28.6 Å². The highest BCUT2D eigenvalue weighted by Gasteiger charge is 2.25. The van der Waals surface area contributed by atoms with Crippen LogP contribution >= 0.6 is 0 Å². The lowest BCUT2D eigenvalue weighted by Crippen LogP contribution is -2.45. The van der Waals surface area contributed by atoms with E-state index in [2.05, 4.69) is 5.32 Å². The van der Waals surface area contributed by atoms with Crippen molar-refractivity contribution in [3.05, 3.63) is 34.4 Å². The Morgan fingerprint density at radius 2 is 1.84 bits per heavy atom. The molecule has 1 N–H and O–H groups in total. The summed E-state index contributed by atoms with van der Waals surface area (Å²) in [6.45, 7) is 7.14. The number of ether oxygens (including phenoxy) is 2. The molecule has 25 heavy (non-hydrogen) atoms. The summed E-state index contributed by atoms with van der Waals surface area (Å²) >= 11 is 0. The Kier molecular flexibility index (Phi) is 7.35. The van der Waals surface area contributed by atoms with E-state index in [1.807, 2.05) is 6.92 Å². The van der Waals surface area contributed by atoms with Crippen LogP contribution in [0.25, 0.3) is 0 Å². The van der Waals surface area contributed by atoms with Crippen molar-refractivity contribution >= 4 is 17.7 Å². The Morgan fingerprint density at radius 3 is 2.32 bits per heavy atom.